The maximum absolute atomic E-state index is 5.73. The van der Waals surface area contributed by atoms with Gasteiger partial charge in [0, 0.05) is 24.7 Å². The quantitative estimate of drug-likeness (QED) is 0.656. The van der Waals surface area contributed by atoms with Crippen LogP contribution >= 0.6 is 0 Å². The summed E-state index contributed by atoms with van der Waals surface area (Å²) in [6.45, 7) is 2.91. The molecule has 0 bridgehead atoms. The van der Waals surface area contributed by atoms with Crippen molar-refractivity contribution in [2.75, 3.05) is 13.2 Å². The average molecular weight is 295 g/mol. The molecule has 0 N–H and O–H groups in total. The van der Waals surface area contributed by atoms with Gasteiger partial charge in [-0.1, -0.05) is 6.07 Å². The molecule has 22 heavy (non-hydrogen) atoms. The van der Waals surface area contributed by atoms with Crippen LogP contribution in [0.15, 0.2) is 61.2 Å². The number of aromatic nitrogens is 3. The van der Waals surface area contributed by atoms with Crippen molar-refractivity contribution < 1.29 is 9.47 Å². The summed E-state index contributed by atoms with van der Waals surface area (Å²) in [7, 11) is 0. The minimum Gasteiger partial charge on any atom is -0.490 e. The van der Waals surface area contributed by atoms with Crippen LogP contribution in [0.5, 0.6) is 11.5 Å². The molecule has 3 aromatic rings. The fraction of sp³-hybridized carbons (Fsp3) is 0.176. The second-order valence-electron chi connectivity index (χ2n) is 4.73. The highest BCUT2D eigenvalue weighted by Gasteiger charge is 2.02. The van der Waals surface area contributed by atoms with E-state index in [2.05, 4.69) is 9.97 Å². The molecule has 0 radical (unpaired) electrons. The Bertz CT molecular complexity index is 726. The van der Waals surface area contributed by atoms with Crippen molar-refractivity contribution in [1.82, 2.24) is 14.5 Å². The Morgan fingerprint density at radius 3 is 2.55 bits per heavy atom. The standard InChI is InChI=1S/C17H17N3O2/c1-14-19-8-9-20(14)15-4-2-5-16(12-15)21-10-11-22-17-6-3-7-18-13-17/h2-9,12-13H,10-11H2,1H3. The van der Waals surface area contributed by atoms with E-state index in [-0.39, 0.29) is 0 Å². The van der Waals surface area contributed by atoms with E-state index in [4.69, 9.17) is 9.47 Å². The minimum atomic E-state index is 0.472. The Labute approximate surface area is 129 Å². The molecule has 0 atom stereocenters. The summed E-state index contributed by atoms with van der Waals surface area (Å²) in [5, 5.41) is 0. The van der Waals surface area contributed by atoms with E-state index in [9.17, 15) is 0 Å². The summed E-state index contributed by atoms with van der Waals surface area (Å²) < 4.78 is 13.3. The van der Waals surface area contributed by atoms with Crippen molar-refractivity contribution in [1.29, 1.82) is 0 Å². The zero-order chi connectivity index (χ0) is 15.2. The molecule has 3 rings (SSSR count). The predicted octanol–water partition coefficient (Wildman–Crippen LogP) is 3.03. The third-order valence-corrected chi connectivity index (χ3v) is 3.18. The summed E-state index contributed by atoms with van der Waals surface area (Å²) in [5.41, 5.74) is 1.03. The Balaban J connectivity index is 1.56. The van der Waals surface area contributed by atoms with Gasteiger partial charge in [-0.25, -0.2) is 4.98 Å². The molecule has 0 spiro atoms. The number of pyridine rings is 1. The van der Waals surface area contributed by atoms with Crippen LogP contribution in [-0.2, 0) is 0 Å². The molecule has 0 saturated carbocycles. The maximum Gasteiger partial charge on any atom is 0.137 e. The van der Waals surface area contributed by atoms with Gasteiger partial charge in [-0.2, -0.15) is 0 Å². The van der Waals surface area contributed by atoms with Crippen LogP contribution in [0.2, 0.25) is 0 Å². The van der Waals surface area contributed by atoms with E-state index in [0.717, 1.165) is 23.0 Å². The molecule has 0 aliphatic heterocycles. The van der Waals surface area contributed by atoms with Crippen LogP contribution in [0.1, 0.15) is 5.82 Å². The van der Waals surface area contributed by atoms with Gasteiger partial charge in [0.05, 0.1) is 11.9 Å². The number of hydrogen-bond acceptors (Lipinski definition) is 4. The van der Waals surface area contributed by atoms with Crippen LogP contribution in [0.4, 0.5) is 0 Å². The molecule has 2 heterocycles. The molecule has 0 saturated heterocycles. The lowest BCUT2D eigenvalue weighted by Crippen LogP contribution is -2.09. The monoisotopic (exact) mass is 295 g/mol. The molecule has 0 aliphatic rings. The number of imidazole rings is 1. The lowest BCUT2D eigenvalue weighted by atomic mass is 10.3. The van der Waals surface area contributed by atoms with Gasteiger partial charge >= 0.3 is 0 Å². The minimum absolute atomic E-state index is 0.472. The van der Waals surface area contributed by atoms with E-state index in [1.165, 1.54) is 0 Å². The number of aryl methyl sites for hydroxylation is 1. The predicted molar refractivity (Wildman–Crippen MR) is 83.5 cm³/mol. The summed E-state index contributed by atoms with van der Waals surface area (Å²) >= 11 is 0. The van der Waals surface area contributed by atoms with E-state index < -0.39 is 0 Å². The Morgan fingerprint density at radius 2 is 1.82 bits per heavy atom. The van der Waals surface area contributed by atoms with Gasteiger partial charge in [0.2, 0.25) is 0 Å². The molecule has 0 aliphatic carbocycles. The number of rotatable bonds is 6. The second-order valence-corrected chi connectivity index (χ2v) is 4.73. The van der Waals surface area contributed by atoms with Crippen LogP contribution in [-0.4, -0.2) is 27.7 Å². The fourth-order valence-electron chi connectivity index (χ4n) is 2.13. The summed E-state index contributed by atoms with van der Waals surface area (Å²) in [4.78, 5) is 8.22. The van der Waals surface area contributed by atoms with Crippen molar-refractivity contribution in [3.05, 3.63) is 67.0 Å². The SMILES string of the molecule is Cc1nccn1-c1cccc(OCCOc2cccnc2)c1. The first-order valence-corrected chi connectivity index (χ1v) is 7.09. The Hall–Kier alpha value is -2.82. The summed E-state index contributed by atoms with van der Waals surface area (Å²) in [5.74, 6) is 2.49. The molecule has 1 aromatic carbocycles. The van der Waals surface area contributed by atoms with E-state index in [1.807, 2.05) is 54.1 Å². The fourth-order valence-corrected chi connectivity index (χ4v) is 2.13. The topological polar surface area (TPSA) is 49.2 Å². The van der Waals surface area contributed by atoms with Gasteiger partial charge in [-0.3, -0.25) is 4.98 Å². The molecular formula is C17H17N3O2. The third-order valence-electron chi connectivity index (χ3n) is 3.18. The normalized spacial score (nSPS) is 10.4. The third kappa shape index (κ3) is 3.44. The summed E-state index contributed by atoms with van der Waals surface area (Å²) in [6, 6.07) is 11.6. The smallest absolute Gasteiger partial charge is 0.137 e. The van der Waals surface area contributed by atoms with Gasteiger partial charge in [0.15, 0.2) is 0 Å². The first kappa shape index (κ1) is 14.1. The van der Waals surface area contributed by atoms with Crippen molar-refractivity contribution in [3.63, 3.8) is 0 Å². The lowest BCUT2D eigenvalue weighted by molar-refractivity contribution is 0.216. The van der Waals surface area contributed by atoms with Crippen molar-refractivity contribution in [2.45, 2.75) is 6.92 Å². The zero-order valence-electron chi connectivity index (χ0n) is 12.3. The van der Waals surface area contributed by atoms with E-state index >= 15 is 0 Å². The first-order valence-electron chi connectivity index (χ1n) is 7.09. The molecule has 5 nitrogen and oxygen atoms in total. The highest BCUT2D eigenvalue weighted by atomic mass is 16.5. The van der Waals surface area contributed by atoms with E-state index in [0.29, 0.717) is 13.2 Å². The largest absolute Gasteiger partial charge is 0.490 e. The van der Waals surface area contributed by atoms with Crippen LogP contribution in [0.25, 0.3) is 5.69 Å². The molecule has 0 fully saturated rings. The van der Waals surface area contributed by atoms with E-state index in [1.54, 1.807) is 18.6 Å². The zero-order valence-corrected chi connectivity index (χ0v) is 12.3. The molecule has 2 aromatic heterocycles. The average Bonchev–Trinajstić information content (AvgIpc) is 2.99. The highest BCUT2D eigenvalue weighted by Crippen LogP contribution is 2.18. The van der Waals surface area contributed by atoms with Crippen LogP contribution < -0.4 is 9.47 Å². The number of benzene rings is 1. The van der Waals surface area contributed by atoms with Crippen LogP contribution in [0.3, 0.4) is 0 Å². The number of nitrogens with zero attached hydrogens (tertiary/aromatic N) is 3. The van der Waals surface area contributed by atoms with Crippen molar-refractivity contribution in [2.24, 2.45) is 0 Å². The highest BCUT2D eigenvalue weighted by molar-refractivity contribution is 5.40. The molecule has 112 valence electrons. The van der Waals surface area contributed by atoms with Gasteiger partial charge < -0.3 is 14.0 Å². The first-order chi connectivity index (χ1) is 10.8. The van der Waals surface area contributed by atoms with Gasteiger partial charge in [-0.05, 0) is 31.2 Å². The van der Waals surface area contributed by atoms with Crippen LogP contribution in [0, 0.1) is 6.92 Å². The Morgan fingerprint density at radius 1 is 1.00 bits per heavy atom. The molecule has 5 heteroatoms. The van der Waals surface area contributed by atoms with Crippen molar-refractivity contribution in [3.8, 4) is 17.2 Å². The lowest BCUT2D eigenvalue weighted by Gasteiger charge is -2.10. The number of ether oxygens (including phenoxy) is 2. The van der Waals surface area contributed by atoms with Gasteiger partial charge in [0.25, 0.3) is 0 Å². The van der Waals surface area contributed by atoms with Crippen molar-refractivity contribution >= 4 is 0 Å². The number of hydrogen-bond donors (Lipinski definition) is 0. The molecule has 0 unspecified atom stereocenters. The second kappa shape index (κ2) is 6.76. The van der Waals surface area contributed by atoms with Gasteiger partial charge in [-0.15, -0.1) is 0 Å². The maximum atomic E-state index is 5.73. The Kier molecular flexibility index (Phi) is 4.34. The molecule has 0 amide bonds. The van der Waals surface area contributed by atoms with Gasteiger partial charge in [0.1, 0.15) is 30.5 Å². The molecular weight excluding hydrogens is 278 g/mol. The summed E-state index contributed by atoms with van der Waals surface area (Å²) in [6.07, 6.45) is 7.11.